The number of aromatic nitrogens is 4. The number of para-hydroxylation sites is 1. The molecule has 0 aliphatic rings. The third kappa shape index (κ3) is 3.61. The summed E-state index contributed by atoms with van der Waals surface area (Å²) in [5.41, 5.74) is 3.93. The molecule has 0 aliphatic carbocycles. The van der Waals surface area contributed by atoms with Crippen molar-refractivity contribution in [2.75, 3.05) is 5.32 Å². The molecular formula is C24H20ClN5O2S. The first kappa shape index (κ1) is 21.4. The van der Waals surface area contributed by atoms with Crippen molar-refractivity contribution < 1.29 is 8.42 Å². The molecule has 2 aromatic heterocycles. The van der Waals surface area contributed by atoms with E-state index in [-0.39, 0.29) is 15.6 Å². The number of benzene rings is 3. The van der Waals surface area contributed by atoms with Gasteiger partial charge in [-0.3, -0.25) is 0 Å². The molecule has 0 bridgehead atoms. The predicted octanol–water partition coefficient (Wildman–Crippen LogP) is 5.43. The normalized spacial score (nSPS) is 11.9. The van der Waals surface area contributed by atoms with Gasteiger partial charge in [-0.05, 0) is 68.3 Å². The molecule has 0 radical (unpaired) electrons. The Kier molecular flexibility index (Phi) is 5.07. The third-order valence-electron chi connectivity index (χ3n) is 5.46. The van der Waals surface area contributed by atoms with Gasteiger partial charge < -0.3 is 5.32 Å². The molecular weight excluding hydrogens is 458 g/mol. The lowest BCUT2D eigenvalue weighted by molar-refractivity contribution is 0.591. The number of nitrogens with zero attached hydrogens (tertiary/aromatic N) is 4. The first-order valence-corrected chi connectivity index (χ1v) is 12.1. The van der Waals surface area contributed by atoms with Crippen molar-refractivity contribution in [3.05, 3.63) is 82.4 Å². The van der Waals surface area contributed by atoms with Crippen molar-refractivity contribution in [3.63, 3.8) is 0 Å². The fraction of sp³-hybridized carbons (Fsp3) is 0.125. The maximum atomic E-state index is 13.7. The second-order valence-corrected chi connectivity index (χ2v) is 10.2. The largest absolute Gasteiger partial charge is 0.340 e. The number of aryl methyl sites for hydroxylation is 3. The quantitative estimate of drug-likeness (QED) is 0.371. The van der Waals surface area contributed by atoms with Crippen LogP contribution in [0.3, 0.4) is 0 Å². The standard InChI is InChI=1S/C24H20ClN5O2S/c1-14-12-15(2)21(16(3)13-14)33(31,32)24-23-27-22(26-18-10-8-17(25)9-11-18)19-6-4-5-7-20(19)30(23)29-28-24/h4-13H,1-3H3,(H,26,27). The highest BCUT2D eigenvalue weighted by Crippen LogP contribution is 2.32. The smallest absolute Gasteiger partial charge is 0.230 e. The highest BCUT2D eigenvalue weighted by atomic mass is 35.5. The number of anilines is 2. The highest BCUT2D eigenvalue weighted by molar-refractivity contribution is 7.91. The van der Waals surface area contributed by atoms with E-state index < -0.39 is 9.84 Å². The summed E-state index contributed by atoms with van der Waals surface area (Å²) in [5, 5.41) is 12.7. The zero-order valence-corrected chi connectivity index (χ0v) is 19.7. The van der Waals surface area contributed by atoms with Crippen LogP contribution in [0.2, 0.25) is 5.02 Å². The Bertz CT molecular complexity index is 1620. The lowest BCUT2D eigenvalue weighted by Crippen LogP contribution is -2.09. The van der Waals surface area contributed by atoms with E-state index in [1.165, 1.54) is 4.52 Å². The topological polar surface area (TPSA) is 89.2 Å². The number of hydrogen-bond donors (Lipinski definition) is 1. The van der Waals surface area contributed by atoms with Crippen LogP contribution in [-0.4, -0.2) is 28.2 Å². The van der Waals surface area contributed by atoms with Crippen LogP contribution in [0.1, 0.15) is 16.7 Å². The molecule has 0 unspecified atom stereocenters. The van der Waals surface area contributed by atoms with Crippen LogP contribution in [0.25, 0.3) is 16.6 Å². The molecule has 5 rings (SSSR count). The molecule has 33 heavy (non-hydrogen) atoms. The lowest BCUT2D eigenvalue weighted by Gasteiger charge is -2.12. The fourth-order valence-corrected chi connectivity index (χ4v) is 5.97. The molecule has 0 aliphatic heterocycles. The number of hydrogen-bond acceptors (Lipinski definition) is 6. The molecule has 166 valence electrons. The van der Waals surface area contributed by atoms with Crippen LogP contribution in [-0.2, 0) is 9.84 Å². The molecule has 0 amide bonds. The maximum absolute atomic E-state index is 13.7. The summed E-state index contributed by atoms with van der Waals surface area (Å²) in [7, 11) is -3.97. The minimum atomic E-state index is -3.97. The van der Waals surface area contributed by atoms with E-state index in [9.17, 15) is 8.42 Å². The Morgan fingerprint density at radius 3 is 2.30 bits per heavy atom. The molecule has 7 nitrogen and oxygen atoms in total. The minimum Gasteiger partial charge on any atom is -0.340 e. The summed E-state index contributed by atoms with van der Waals surface area (Å²) >= 11 is 6.01. The van der Waals surface area contributed by atoms with E-state index in [0.717, 1.165) is 16.6 Å². The number of rotatable bonds is 4. The van der Waals surface area contributed by atoms with E-state index in [2.05, 4.69) is 20.6 Å². The summed E-state index contributed by atoms with van der Waals surface area (Å²) in [6.07, 6.45) is 0. The van der Waals surface area contributed by atoms with Gasteiger partial charge >= 0.3 is 0 Å². The number of halogens is 1. The van der Waals surface area contributed by atoms with Crippen molar-refractivity contribution in [2.24, 2.45) is 0 Å². The van der Waals surface area contributed by atoms with Crippen molar-refractivity contribution in [2.45, 2.75) is 30.7 Å². The Balaban J connectivity index is 1.76. The molecule has 0 saturated carbocycles. The SMILES string of the molecule is Cc1cc(C)c(S(=O)(=O)c2nnn3c2nc(Nc2ccc(Cl)cc2)c2ccccc23)c(C)c1. The van der Waals surface area contributed by atoms with Crippen LogP contribution < -0.4 is 5.32 Å². The van der Waals surface area contributed by atoms with Gasteiger partial charge in [0.25, 0.3) is 0 Å². The van der Waals surface area contributed by atoms with Gasteiger partial charge in [0, 0.05) is 16.1 Å². The van der Waals surface area contributed by atoms with Crippen molar-refractivity contribution >= 4 is 49.5 Å². The van der Waals surface area contributed by atoms with Gasteiger partial charge in [0.2, 0.25) is 14.9 Å². The molecule has 2 heterocycles. The Morgan fingerprint density at radius 1 is 0.939 bits per heavy atom. The van der Waals surface area contributed by atoms with Crippen molar-refractivity contribution in [1.29, 1.82) is 0 Å². The van der Waals surface area contributed by atoms with Gasteiger partial charge in [0.15, 0.2) is 5.65 Å². The van der Waals surface area contributed by atoms with E-state index in [0.29, 0.717) is 27.5 Å². The van der Waals surface area contributed by atoms with Gasteiger partial charge in [-0.25, -0.2) is 13.4 Å². The molecule has 0 spiro atoms. The van der Waals surface area contributed by atoms with Gasteiger partial charge in [-0.15, -0.1) is 5.10 Å². The molecule has 9 heteroatoms. The average molecular weight is 478 g/mol. The zero-order chi connectivity index (χ0) is 23.3. The Morgan fingerprint density at radius 2 is 1.61 bits per heavy atom. The Labute approximate surface area is 196 Å². The summed E-state index contributed by atoms with van der Waals surface area (Å²) in [4.78, 5) is 4.90. The van der Waals surface area contributed by atoms with Crippen LogP contribution in [0.4, 0.5) is 11.5 Å². The van der Waals surface area contributed by atoms with Crippen LogP contribution in [0, 0.1) is 20.8 Å². The second kappa shape index (κ2) is 7.83. The highest BCUT2D eigenvalue weighted by Gasteiger charge is 2.30. The lowest BCUT2D eigenvalue weighted by atomic mass is 10.1. The van der Waals surface area contributed by atoms with Gasteiger partial charge in [-0.1, -0.05) is 46.6 Å². The van der Waals surface area contributed by atoms with Gasteiger partial charge in [0.1, 0.15) is 5.82 Å². The first-order chi connectivity index (χ1) is 15.8. The summed E-state index contributed by atoms with van der Waals surface area (Å²) in [6, 6.07) is 18.4. The number of nitrogens with one attached hydrogen (secondary N) is 1. The van der Waals surface area contributed by atoms with E-state index in [1.54, 1.807) is 26.0 Å². The molecule has 5 aromatic rings. The van der Waals surface area contributed by atoms with E-state index in [1.807, 2.05) is 55.5 Å². The molecule has 1 N–H and O–H groups in total. The third-order valence-corrected chi connectivity index (χ3v) is 7.66. The van der Waals surface area contributed by atoms with E-state index >= 15 is 0 Å². The average Bonchev–Trinajstić information content (AvgIpc) is 3.19. The molecule has 0 fully saturated rings. The van der Waals surface area contributed by atoms with Crippen molar-refractivity contribution in [1.82, 2.24) is 19.8 Å². The fourth-order valence-electron chi connectivity index (χ4n) is 4.17. The maximum Gasteiger partial charge on any atom is 0.230 e. The molecule has 0 atom stereocenters. The predicted molar refractivity (Wildman–Crippen MR) is 129 cm³/mol. The van der Waals surface area contributed by atoms with Crippen molar-refractivity contribution in [3.8, 4) is 0 Å². The minimum absolute atomic E-state index is 0.157. The molecule has 3 aromatic carbocycles. The van der Waals surface area contributed by atoms with Gasteiger partial charge in [0.05, 0.1) is 10.4 Å². The number of sulfone groups is 1. The van der Waals surface area contributed by atoms with Gasteiger partial charge in [-0.2, -0.15) is 4.52 Å². The van der Waals surface area contributed by atoms with E-state index in [4.69, 9.17) is 11.6 Å². The molecule has 0 saturated heterocycles. The second-order valence-electron chi connectivity index (χ2n) is 7.97. The summed E-state index contributed by atoms with van der Waals surface area (Å²) in [5.74, 6) is 0.497. The summed E-state index contributed by atoms with van der Waals surface area (Å²) < 4.78 is 28.9. The van der Waals surface area contributed by atoms with Crippen LogP contribution in [0.15, 0.2) is 70.6 Å². The van der Waals surface area contributed by atoms with Crippen LogP contribution >= 0.6 is 11.6 Å². The summed E-state index contributed by atoms with van der Waals surface area (Å²) in [6.45, 7) is 5.51. The Hall–Kier alpha value is -3.49. The zero-order valence-electron chi connectivity index (χ0n) is 18.2. The number of fused-ring (bicyclic) bond motifs is 3. The first-order valence-electron chi connectivity index (χ1n) is 10.3. The van der Waals surface area contributed by atoms with Crippen LogP contribution in [0.5, 0.6) is 0 Å². The monoisotopic (exact) mass is 477 g/mol.